The van der Waals surface area contributed by atoms with Gasteiger partial charge in [-0.3, -0.25) is 4.79 Å². The molecule has 24 heavy (non-hydrogen) atoms. The van der Waals surface area contributed by atoms with Gasteiger partial charge >= 0.3 is 0 Å². The zero-order valence-electron chi connectivity index (χ0n) is 14.3. The molecule has 0 saturated carbocycles. The summed E-state index contributed by atoms with van der Waals surface area (Å²) < 4.78 is 5.70. The summed E-state index contributed by atoms with van der Waals surface area (Å²) in [6.07, 6.45) is 0.807. The van der Waals surface area contributed by atoms with Gasteiger partial charge in [-0.05, 0) is 30.9 Å². The second kappa shape index (κ2) is 6.95. The molecule has 1 fully saturated rings. The third-order valence-corrected chi connectivity index (χ3v) is 4.62. The van der Waals surface area contributed by atoms with E-state index >= 15 is 0 Å². The highest BCUT2D eigenvalue weighted by Crippen LogP contribution is 2.29. The van der Waals surface area contributed by atoms with Crippen molar-refractivity contribution in [2.24, 2.45) is 11.1 Å². The van der Waals surface area contributed by atoms with Gasteiger partial charge in [0.2, 0.25) is 5.89 Å². The van der Waals surface area contributed by atoms with Crippen LogP contribution in [-0.4, -0.2) is 34.9 Å². The quantitative estimate of drug-likeness (QED) is 0.903. The minimum absolute atomic E-state index is 0. The third kappa shape index (κ3) is 3.47. The van der Waals surface area contributed by atoms with E-state index in [-0.39, 0.29) is 29.8 Å². The van der Waals surface area contributed by atoms with Gasteiger partial charge in [0.05, 0.1) is 0 Å². The summed E-state index contributed by atoms with van der Waals surface area (Å²) in [5.41, 5.74) is 7.33. The Labute approximate surface area is 148 Å². The Morgan fingerprint density at radius 2 is 2.00 bits per heavy atom. The number of piperidine rings is 1. The third-order valence-electron chi connectivity index (χ3n) is 4.62. The van der Waals surface area contributed by atoms with Crippen LogP contribution >= 0.6 is 12.4 Å². The number of aryl methyl sites for hydroxylation is 1. The van der Waals surface area contributed by atoms with Crippen molar-refractivity contribution in [1.29, 1.82) is 0 Å². The van der Waals surface area contributed by atoms with Crippen molar-refractivity contribution in [2.75, 3.05) is 13.1 Å². The number of nitrogens with two attached hydrogens (primary N) is 1. The van der Waals surface area contributed by atoms with Crippen LogP contribution in [0.2, 0.25) is 0 Å². The SMILES string of the molecule is Cc1oc(-c2ccccc2)nc1C(=O)N1CCC(N)C(C)(C)C1.Cl. The monoisotopic (exact) mass is 349 g/mol. The Hall–Kier alpha value is -1.85. The smallest absolute Gasteiger partial charge is 0.276 e. The van der Waals surface area contributed by atoms with E-state index in [9.17, 15) is 4.79 Å². The standard InChI is InChI=1S/C18H23N3O2.ClH/c1-12-15(20-16(23-12)13-7-5-4-6-8-13)17(22)21-10-9-14(19)18(2,3)11-21;/h4-8,14H,9-11,19H2,1-3H3;1H. The van der Waals surface area contributed by atoms with E-state index in [1.807, 2.05) is 35.2 Å². The van der Waals surface area contributed by atoms with Crippen molar-refractivity contribution >= 4 is 18.3 Å². The van der Waals surface area contributed by atoms with Crippen LogP contribution in [0.3, 0.4) is 0 Å². The minimum atomic E-state index is -0.0895. The highest BCUT2D eigenvalue weighted by molar-refractivity contribution is 5.93. The molecule has 0 aliphatic carbocycles. The fraction of sp³-hybridized carbons (Fsp3) is 0.444. The largest absolute Gasteiger partial charge is 0.441 e. The maximum absolute atomic E-state index is 12.8. The molecular formula is C18H24ClN3O2. The van der Waals surface area contributed by atoms with Gasteiger partial charge in [-0.1, -0.05) is 32.0 Å². The number of carbonyl (C=O) groups excluding carboxylic acids is 1. The molecular weight excluding hydrogens is 326 g/mol. The Morgan fingerprint density at radius 1 is 1.33 bits per heavy atom. The van der Waals surface area contributed by atoms with Crippen LogP contribution in [0.25, 0.3) is 11.5 Å². The molecule has 130 valence electrons. The van der Waals surface area contributed by atoms with Crippen molar-refractivity contribution in [3.05, 3.63) is 41.8 Å². The first kappa shape index (κ1) is 18.5. The molecule has 1 aromatic carbocycles. The normalized spacial score (nSPS) is 19.7. The van der Waals surface area contributed by atoms with Crippen molar-refractivity contribution < 1.29 is 9.21 Å². The van der Waals surface area contributed by atoms with Gasteiger partial charge in [0.25, 0.3) is 5.91 Å². The maximum atomic E-state index is 12.8. The highest BCUT2D eigenvalue weighted by atomic mass is 35.5. The van der Waals surface area contributed by atoms with E-state index in [0.29, 0.717) is 30.4 Å². The Morgan fingerprint density at radius 3 is 2.62 bits per heavy atom. The fourth-order valence-electron chi connectivity index (χ4n) is 3.00. The van der Waals surface area contributed by atoms with E-state index in [1.165, 1.54) is 0 Å². The lowest BCUT2D eigenvalue weighted by atomic mass is 9.79. The molecule has 2 N–H and O–H groups in total. The molecule has 6 heteroatoms. The van der Waals surface area contributed by atoms with Gasteiger partial charge in [0, 0.05) is 24.7 Å². The number of hydrogen-bond acceptors (Lipinski definition) is 4. The summed E-state index contributed by atoms with van der Waals surface area (Å²) >= 11 is 0. The molecule has 1 aromatic heterocycles. The number of rotatable bonds is 2. The number of amides is 1. The van der Waals surface area contributed by atoms with Crippen molar-refractivity contribution in [3.63, 3.8) is 0 Å². The van der Waals surface area contributed by atoms with Gasteiger partial charge in [0.1, 0.15) is 5.76 Å². The maximum Gasteiger partial charge on any atom is 0.276 e. The number of hydrogen-bond donors (Lipinski definition) is 1. The Bertz CT molecular complexity index is 712. The van der Waals surface area contributed by atoms with Crippen LogP contribution in [0.15, 0.2) is 34.7 Å². The number of halogens is 1. The fourth-order valence-corrected chi connectivity index (χ4v) is 3.00. The van der Waals surface area contributed by atoms with E-state index < -0.39 is 0 Å². The molecule has 0 bridgehead atoms. The molecule has 3 rings (SSSR count). The Balaban J connectivity index is 0.00000208. The summed E-state index contributed by atoms with van der Waals surface area (Å²) in [6, 6.07) is 9.73. The lowest BCUT2D eigenvalue weighted by Crippen LogP contribution is -2.54. The number of carbonyl (C=O) groups is 1. The number of benzene rings is 1. The van der Waals surface area contributed by atoms with Crippen LogP contribution in [0.1, 0.15) is 36.5 Å². The summed E-state index contributed by atoms with van der Waals surface area (Å²) in [4.78, 5) is 19.1. The summed E-state index contributed by atoms with van der Waals surface area (Å²) in [5.74, 6) is 0.967. The summed E-state index contributed by atoms with van der Waals surface area (Å²) in [6.45, 7) is 7.29. The molecule has 1 saturated heterocycles. The van der Waals surface area contributed by atoms with E-state index in [0.717, 1.165) is 12.0 Å². The van der Waals surface area contributed by atoms with Gasteiger partial charge in [-0.25, -0.2) is 4.98 Å². The summed E-state index contributed by atoms with van der Waals surface area (Å²) in [5, 5.41) is 0. The second-order valence-electron chi connectivity index (χ2n) is 6.90. The lowest BCUT2D eigenvalue weighted by Gasteiger charge is -2.42. The average Bonchev–Trinajstić information content (AvgIpc) is 2.92. The molecule has 1 aliphatic rings. The van der Waals surface area contributed by atoms with Gasteiger partial charge in [0.15, 0.2) is 5.69 Å². The van der Waals surface area contributed by atoms with Crippen molar-refractivity contribution in [3.8, 4) is 11.5 Å². The first-order valence-corrected chi connectivity index (χ1v) is 7.96. The molecule has 2 aromatic rings. The number of nitrogens with zero attached hydrogens (tertiary/aromatic N) is 2. The van der Waals surface area contributed by atoms with Crippen LogP contribution < -0.4 is 5.73 Å². The topological polar surface area (TPSA) is 72.4 Å². The zero-order chi connectivity index (χ0) is 16.6. The predicted molar refractivity (Wildman–Crippen MR) is 96.2 cm³/mol. The molecule has 5 nitrogen and oxygen atoms in total. The zero-order valence-corrected chi connectivity index (χ0v) is 15.1. The van der Waals surface area contributed by atoms with E-state index in [2.05, 4.69) is 18.8 Å². The van der Waals surface area contributed by atoms with Crippen LogP contribution in [0, 0.1) is 12.3 Å². The van der Waals surface area contributed by atoms with Gasteiger partial charge in [-0.15, -0.1) is 12.4 Å². The molecule has 1 atom stereocenters. The molecule has 1 unspecified atom stereocenters. The highest BCUT2D eigenvalue weighted by Gasteiger charge is 2.36. The lowest BCUT2D eigenvalue weighted by molar-refractivity contribution is 0.0526. The molecule has 0 radical (unpaired) electrons. The Kier molecular flexibility index (Phi) is 5.35. The van der Waals surface area contributed by atoms with E-state index in [1.54, 1.807) is 6.92 Å². The molecule has 1 aliphatic heterocycles. The van der Waals surface area contributed by atoms with Crippen molar-refractivity contribution in [1.82, 2.24) is 9.88 Å². The van der Waals surface area contributed by atoms with E-state index in [4.69, 9.17) is 10.2 Å². The number of likely N-dealkylation sites (tertiary alicyclic amines) is 1. The number of oxazole rings is 1. The van der Waals surface area contributed by atoms with Crippen LogP contribution in [0.5, 0.6) is 0 Å². The van der Waals surface area contributed by atoms with Crippen LogP contribution in [-0.2, 0) is 0 Å². The van der Waals surface area contributed by atoms with Gasteiger partial charge < -0.3 is 15.1 Å². The molecule has 2 heterocycles. The van der Waals surface area contributed by atoms with Crippen molar-refractivity contribution in [2.45, 2.75) is 33.2 Å². The van der Waals surface area contributed by atoms with Gasteiger partial charge in [-0.2, -0.15) is 0 Å². The second-order valence-corrected chi connectivity index (χ2v) is 6.90. The average molecular weight is 350 g/mol. The molecule has 0 spiro atoms. The van der Waals surface area contributed by atoms with Crippen LogP contribution in [0.4, 0.5) is 0 Å². The number of aromatic nitrogens is 1. The summed E-state index contributed by atoms with van der Waals surface area (Å²) in [7, 11) is 0. The first-order valence-electron chi connectivity index (χ1n) is 7.96. The molecule has 1 amide bonds. The predicted octanol–water partition coefficient (Wildman–Crippen LogP) is 3.27. The minimum Gasteiger partial charge on any atom is -0.441 e. The first-order chi connectivity index (χ1) is 10.9.